The number of benzene rings is 2. The molecule has 7 heteroatoms. The van der Waals surface area contributed by atoms with Gasteiger partial charge in [-0.2, -0.15) is 5.26 Å². The number of nitrogens with one attached hydrogen (secondary N) is 1. The molecular formula is C22H16BrCl2N3O. The number of hydrogen-bond donors (Lipinski definition) is 1. The molecule has 4 nitrogen and oxygen atoms in total. The van der Waals surface area contributed by atoms with Gasteiger partial charge in [0.2, 0.25) is 0 Å². The normalized spacial score (nSPS) is 11.2. The number of halogens is 3. The molecule has 3 rings (SSSR count). The molecule has 146 valence electrons. The van der Waals surface area contributed by atoms with Gasteiger partial charge in [0.05, 0.1) is 5.69 Å². The number of aryl methyl sites for hydroxylation is 1. The Labute approximate surface area is 187 Å². The van der Waals surface area contributed by atoms with Gasteiger partial charge in [0.25, 0.3) is 5.91 Å². The number of aromatic nitrogens is 1. The van der Waals surface area contributed by atoms with E-state index < -0.39 is 5.91 Å². The van der Waals surface area contributed by atoms with E-state index in [1.165, 1.54) is 0 Å². The number of rotatable bonds is 4. The Morgan fingerprint density at radius 1 is 1.14 bits per heavy atom. The Bertz CT molecular complexity index is 1160. The summed E-state index contributed by atoms with van der Waals surface area (Å²) >= 11 is 15.7. The van der Waals surface area contributed by atoms with E-state index in [0.717, 1.165) is 27.1 Å². The summed E-state index contributed by atoms with van der Waals surface area (Å²) in [5.74, 6) is -0.477. The third kappa shape index (κ3) is 4.73. The second-order valence-electron chi connectivity index (χ2n) is 6.39. The van der Waals surface area contributed by atoms with Gasteiger partial charge in [-0.05, 0) is 77.8 Å². The lowest BCUT2D eigenvalue weighted by Gasteiger charge is -2.11. The van der Waals surface area contributed by atoms with Crippen molar-refractivity contribution in [3.8, 4) is 11.8 Å². The first-order chi connectivity index (χ1) is 13.8. The summed E-state index contributed by atoms with van der Waals surface area (Å²) in [6.45, 7) is 3.85. The van der Waals surface area contributed by atoms with Gasteiger partial charge in [-0.3, -0.25) is 4.79 Å². The fourth-order valence-corrected chi connectivity index (χ4v) is 3.95. The summed E-state index contributed by atoms with van der Waals surface area (Å²) in [5, 5.41) is 13.3. The van der Waals surface area contributed by atoms with Gasteiger partial charge in [-0.1, -0.05) is 35.3 Å². The monoisotopic (exact) mass is 487 g/mol. The van der Waals surface area contributed by atoms with Crippen molar-refractivity contribution in [3.63, 3.8) is 0 Å². The first-order valence-electron chi connectivity index (χ1n) is 8.63. The molecule has 1 amide bonds. The molecule has 0 spiro atoms. The van der Waals surface area contributed by atoms with Crippen molar-refractivity contribution in [2.45, 2.75) is 13.8 Å². The number of anilines is 1. The van der Waals surface area contributed by atoms with Crippen LogP contribution in [-0.4, -0.2) is 10.5 Å². The predicted octanol–water partition coefficient (Wildman–Crippen LogP) is 6.71. The lowest BCUT2D eigenvalue weighted by atomic mass is 10.1. The van der Waals surface area contributed by atoms with Crippen molar-refractivity contribution < 1.29 is 4.79 Å². The molecular weight excluding hydrogens is 473 g/mol. The molecule has 0 aliphatic rings. The van der Waals surface area contributed by atoms with Gasteiger partial charge in [-0.15, -0.1) is 0 Å². The second kappa shape index (κ2) is 8.87. The van der Waals surface area contributed by atoms with Crippen LogP contribution in [0.1, 0.15) is 17.0 Å². The molecule has 0 radical (unpaired) electrons. The number of para-hydroxylation sites is 1. The van der Waals surface area contributed by atoms with E-state index in [2.05, 4.69) is 21.2 Å². The third-order valence-corrected chi connectivity index (χ3v) is 5.49. The minimum Gasteiger partial charge on any atom is -0.320 e. The Morgan fingerprint density at radius 3 is 2.41 bits per heavy atom. The highest BCUT2D eigenvalue weighted by Gasteiger charge is 2.15. The van der Waals surface area contributed by atoms with E-state index in [4.69, 9.17) is 23.2 Å². The van der Waals surface area contributed by atoms with Crippen LogP contribution in [0, 0.1) is 25.2 Å². The van der Waals surface area contributed by atoms with E-state index in [1.54, 1.807) is 24.3 Å². The Balaban J connectivity index is 1.98. The maximum Gasteiger partial charge on any atom is 0.266 e. The van der Waals surface area contributed by atoms with Crippen LogP contribution in [-0.2, 0) is 4.79 Å². The van der Waals surface area contributed by atoms with Gasteiger partial charge in [-0.25, -0.2) is 0 Å². The zero-order chi connectivity index (χ0) is 21.1. The summed E-state index contributed by atoms with van der Waals surface area (Å²) in [6.07, 6.45) is 1.58. The molecule has 0 bridgehead atoms. The van der Waals surface area contributed by atoms with Gasteiger partial charge in [0.1, 0.15) is 11.6 Å². The lowest BCUT2D eigenvalue weighted by molar-refractivity contribution is -0.112. The third-order valence-electron chi connectivity index (χ3n) is 4.36. The summed E-state index contributed by atoms with van der Waals surface area (Å²) in [7, 11) is 0. The summed E-state index contributed by atoms with van der Waals surface area (Å²) in [6, 6.07) is 16.4. The van der Waals surface area contributed by atoms with Crippen LogP contribution in [0.2, 0.25) is 10.0 Å². The number of nitriles is 1. The predicted molar refractivity (Wildman–Crippen MR) is 122 cm³/mol. The lowest BCUT2D eigenvalue weighted by Crippen LogP contribution is -2.13. The number of hydrogen-bond acceptors (Lipinski definition) is 2. The SMILES string of the molecule is Cc1cc(/C=C(/C#N)C(=O)Nc2ccccc2Br)c(C)n1-c1cc(Cl)cc(Cl)c1. The van der Waals surface area contributed by atoms with Crippen LogP contribution < -0.4 is 5.32 Å². The number of carbonyl (C=O) groups is 1. The number of amides is 1. The quantitative estimate of drug-likeness (QED) is 0.327. The number of nitrogens with zero attached hydrogens (tertiary/aromatic N) is 2. The molecule has 0 aliphatic carbocycles. The van der Waals surface area contributed by atoms with Crippen molar-refractivity contribution in [2.75, 3.05) is 5.32 Å². The zero-order valence-corrected chi connectivity index (χ0v) is 18.7. The van der Waals surface area contributed by atoms with E-state index in [9.17, 15) is 10.1 Å². The highest BCUT2D eigenvalue weighted by molar-refractivity contribution is 9.10. The molecule has 1 N–H and O–H groups in total. The summed E-state index contributed by atoms with van der Waals surface area (Å²) in [4.78, 5) is 12.6. The Kier molecular flexibility index (Phi) is 6.49. The van der Waals surface area contributed by atoms with Gasteiger partial charge in [0, 0.05) is 31.6 Å². The van der Waals surface area contributed by atoms with Crippen LogP contribution in [0.4, 0.5) is 5.69 Å². The average molecular weight is 489 g/mol. The van der Waals surface area contributed by atoms with Crippen molar-refractivity contribution in [1.29, 1.82) is 5.26 Å². The highest BCUT2D eigenvalue weighted by atomic mass is 79.9. The average Bonchev–Trinajstić information content (AvgIpc) is 2.94. The number of carbonyl (C=O) groups excluding carboxylic acids is 1. The maximum atomic E-state index is 12.6. The van der Waals surface area contributed by atoms with Crippen molar-refractivity contribution in [3.05, 3.63) is 85.6 Å². The Morgan fingerprint density at radius 2 is 1.79 bits per heavy atom. The topological polar surface area (TPSA) is 57.8 Å². The molecule has 0 unspecified atom stereocenters. The Hall–Kier alpha value is -2.52. The fourth-order valence-electron chi connectivity index (χ4n) is 3.06. The molecule has 0 saturated carbocycles. The van der Waals surface area contributed by atoms with Crippen molar-refractivity contribution >= 4 is 56.8 Å². The van der Waals surface area contributed by atoms with Crippen molar-refractivity contribution in [2.24, 2.45) is 0 Å². The zero-order valence-electron chi connectivity index (χ0n) is 15.6. The van der Waals surface area contributed by atoms with E-state index >= 15 is 0 Å². The fraction of sp³-hybridized carbons (Fsp3) is 0.0909. The molecule has 1 aromatic heterocycles. The minimum absolute atomic E-state index is 0.00475. The van der Waals surface area contributed by atoms with Crippen LogP contribution in [0.15, 0.2) is 58.6 Å². The molecule has 2 aromatic carbocycles. The van der Waals surface area contributed by atoms with Crippen molar-refractivity contribution in [1.82, 2.24) is 4.57 Å². The first-order valence-corrected chi connectivity index (χ1v) is 10.2. The smallest absolute Gasteiger partial charge is 0.266 e. The van der Waals surface area contributed by atoms with Crippen LogP contribution in [0.3, 0.4) is 0 Å². The second-order valence-corrected chi connectivity index (χ2v) is 8.12. The standard InChI is InChI=1S/C22H16BrCl2N3O/c1-13-7-15(14(2)28(13)19-10-17(24)9-18(25)11-19)8-16(12-26)22(29)27-21-6-4-3-5-20(21)23/h3-11H,1-2H3,(H,27,29)/b16-8-. The van der Waals surface area contributed by atoms with Gasteiger partial charge in [0.15, 0.2) is 0 Å². The maximum absolute atomic E-state index is 12.6. The van der Waals surface area contributed by atoms with Gasteiger partial charge >= 0.3 is 0 Å². The summed E-state index contributed by atoms with van der Waals surface area (Å²) < 4.78 is 2.71. The van der Waals surface area contributed by atoms with Crippen LogP contribution >= 0.6 is 39.1 Å². The molecule has 0 aliphatic heterocycles. The van der Waals surface area contributed by atoms with Gasteiger partial charge < -0.3 is 9.88 Å². The molecule has 29 heavy (non-hydrogen) atoms. The van der Waals surface area contributed by atoms with E-state index in [0.29, 0.717) is 15.7 Å². The van der Waals surface area contributed by atoms with E-state index in [-0.39, 0.29) is 5.57 Å². The van der Waals surface area contributed by atoms with Crippen LogP contribution in [0.25, 0.3) is 11.8 Å². The van der Waals surface area contributed by atoms with E-state index in [1.807, 2.05) is 54.8 Å². The highest BCUT2D eigenvalue weighted by Crippen LogP contribution is 2.28. The van der Waals surface area contributed by atoms with Crippen LogP contribution in [0.5, 0.6) is 0 Å². The largest absolute Gasteiger partial charge is 0.320 e. The molecule has 0 saturated heterocycles. The molecule has 0 fully saturated rings. The first kappa shape index (κ1) is 21.2. The molecule has 3 aromatic rings. The minimum atomic E-state index is -0.477. The summed E-state index contributed by atoms with van der Waals surface area (Å²) in [5.41, 5.74) is 3.96. The molecule has 0 atom stereocenters. The molecule has 1 heterocycles.